The van der Waals surface area contributed by atoms with Gasteiger partial charge >= 0.3 is 0 Å². The molecule has 114 valence electrons. The summed E-state index contributed by atoms with van der Waals surface area (Å²) in [7, 11) is 2.15. The van der Waals surface area contributed by atoms with Crippen molar-refractivity contribution in [1.29, 1.82) is 5.26 Å². The first-order valence-corrected chi connectivity index (χ1v) is 7.80. The van der Waals surface area contributed by atoms with E-state index in [4.69, 9.17) is 10.2 Å². The third-order valence-corrected chi connectivity index (χ3v) is 4.56. The van der Waals surface area contributed by atoms with Crippen LogP contribution in [0.2, 0.25) is 0 Å². The minimum Gasteiger partial charge on any atom is -0.354 e. The molecule has 3 rings (SSSR count). The fraction of sp³-hybridized carbons (Fsp3) is 0.444. The van der Waals surface area contributed by atoms with Gasteiger partial charge in [0, 0.05) is 37.1 Å². The van der Waals surface area contributed by atoms with Crippen molar-refractivity contribution >= 4 is 16.7 Å². The van der Waals surface area contributed by atoms with Gasteiger partial charge in [-0.05, 0) is 50.2 Å². The first-order valence-electron chi connectivity index (χ1n) is 7.80. The standard InChI is InChI=1S/C18H22N4/c1-13-10-16-12-15(4-5-19)18(20-17(16)11-14(13)2)22-8-6-21(3)7-9-22/h10-12H,4,6-9H2,1-3H3. The number of likely N-dealkylation sites (N-methyl/N-ethyl adjacent to an activating group) is 1. The van der Waals surface area contributed by atoms with Crippen molar-refractivity contribution in [1.82, 2.24) is 9.88 Å². The highest BCUT2D eigenvalue weighted by atomic mass is 15.3. The van der Waals surface area contributed by atoms with Crippen LogP contribution in [0.15, 0.2) is 18.2 Å². The van der Waals surface area contributed by atoms with Crippen molar-refractivity contribution in [3.63, 3.8) is 0 Å². The molecule has 0 spiro atoms. The number of rotatable bonds is 2. The highest BCUT2D eigenvalue weighted by Gasteiger charge is 2.19. The molecule has 1 aromatic carbocycles. The van der Waals surface area contributed by atoms with E-state index in [0.717, 1.165) is 48.5 Å². The fourth-order valence-corrected chi connectivity index (χ4v) is 2.98. The summed E-state index contributed by atoms with van der Waals surface area (Å²) in [6, 6.07) is 8.76. The largest absolute Gasteiger partial charge is 0.354 e. The second kappa shape index (κ2) is 5.94. The van der Waals surface area contributed by atoms with Crippen LogP contribution in [-0.4, -0.2) is 43.1 Å². The predicted molar refractivity (Wildman–Crippen MR) is 90.2 cm³/mol. The van der Waals surface area contributed by atoms with Gasteiger partial charge in [0.2, 0.25) is 0 Å². The SMILES string of the molecule is Cc1cc2cc(CC#N)c(N3CCN(C)CC3)nc2cc1C. The monoisotopic (exact) mass is 294 g/mol. The van der Waals surface area contributed by atoms with E-state index < -0.39 is 0 Å². The Hall–Kier alpha value is -2.12. The first kappa shape index (κ1) is 14.8. The molecule has 0 aliphatic carbocycles. The van der Waals surface area contributed by atoms with Gasteiger partial charge in [-0.25, -0.2) is 4.98 Å². The average Bonchev–Trinajstić information content (AvgIpc) is 2.50. The summed E-state index contributed by atoms with van der Waals surface area (Å²) in [4.78, 5) is 9.55. The van der Waals surface area contributed by atoms with Gasteiger partial charge in [0.05, 0.1) is 18.0 Å². The molecule has 0 atom stereocenters. The number of fused-ring (bicyclic) bond motifs is 1. The van der Waals surface area contributed by atoms with Gasteiger partial charge in [0.1, 0.15) is 5.82 Å². The van der Waals surface area contributed by atoms with Gasteiger partial charge in [0.15, 0.2) is 0 Å². The number of aromatic nitrogens is 1. The first-order chi connectivity index (χ1) is 10.6. The van der Waals surface area contributed by atoms with E-state index in [0.29, 0.717) is 6.42 Å². The van der Waals surface area contributed by atoms with Crippen LogP contribution >= 0.6 is 0 Å². The minimum absolute atomic E-state index is 0.414. The lowest BCUT2D eigenvalue weighted by Gasteiger charge is -2.34. The maximum Gasteiger partial charge on any atom is 0.133 e. The molecule has 1 aliphatic rings. The van der Waals surface area contributed by atoms with Gasteiger partial charge < -0.3 is 9.80 Å². The molecule has 0 bridgehead atoms. The van der Waals surface area contributed by atoms with E-state index >= 15 is 0 Å². The van der Waals surface area contributed by atoms with Crippen molar-refractivity contribution in [3.05, 3.63) is 34.9 Å². The van der Waals surface area contributed by atoms with Crippen molar-refractivity contribution in [2.45, 2.75) is 20.3 Å². The molecule has 0 saturated carbocycles. The second-order valence-corrected chi connectivity index (χ2v) is 6.23. The van der Waals surface area contributed by atoms with Crippen LogP contribution < -0.4 is 4.90 Å². The van der Waals surface area contributed by atoms with E-state index in [2.05, 4.69) is 55.0 Å². The number of aryl methyl sites for hydroxylation is 2. The molecule has 1 saturated heterocycles. The Kier molecular flexibility index (Phi) is 4.00. The Morgan fingerprint density at radius 1 is 1.09 bits per heavy atom. The van der Waals surface area contributed by atoms with Gasteiger partial charge in [-0.1, -0.05) is 0 Å². The van der Waals surface area contributed by atoms with E-state index in [-0.39, 0.29) is 0 Å². The van der Waals surface area contributed by atoms with E-state index in [1.807, 2.05) is 0 Å². The molecule has 2 aromatic rings. The zero-order valence-corrected chi connectivity index (χ0v) is 13.6. The summed E-state index contributed by atoms with van der Waals surface area (Å²) in [5.74, 6) is 0.991. The van der Waals surface area contributed by atoms with Gasteiger partial charge in [-0.3, -0.25) is 0 Å². The molecule has 1 aromatic heterocycles. The molecule has 22 heavy (non-hydrogen) atoms. The summed E-state index contributed by atoms with van der Waals surface area (Å²) in [6.45, 7) is 8.26. The van der Waals surface area contributed by atoms with Gasteiger partial charge in [-0.2, -0.15) is 5.26 Å². The minimum atomic E-state index is 0.414. The summed E-state index contributed by atoms with van der Waals surface area (Å²) >= 11 is 0. The van der Waals surface area contributed by atoms with Crippen LogP contribution in [0.5, 0.6) is 0 Å². The Labute approximate surface area is 132 Å². The van der Waals surface area contributed by atoms with Crippen LogP contribution in [0, 0.1) is 25.2 Å². The van der Waals surface area contributed by atoms with Gasteiger partial charge in [0.25, 0.3) is 0 Å². The molecule has 4 nitrogen and oxygen atoms in total. The quantitative estimate of drug-likeness (QED) is 0.854. The van der Waals surface area contributed by atoms with Gasteiger partial charge in [-0.15, -0.1) is 0 Å². The number of hydrogen-bond donors (Lipinski definition) is 0. The lowest BCUT2D eigenvalue weighted by atomic mass is 10.0. The topological polar surface area (TPSA) is 43.2 Å². The zero-order chi connectivity index (χ0) is 15.7. The average molecular weight is 294 g/mol. The summed E-state index contributed by atoms with van der Waals surface area (Å²) in [5, 5.41) is 10.3. The number of nitriles is 1. The summed E-state index contributed by atoms with van der Waals surface area (Å²) < 4.78 is 0. The smallest absolute Gasteiger partial charge is 0.133 e. The van der Waals surface area contributed by atoms with Crippen LogP contribution in [0.4, 0.5) is 5.82 Å². The second-order valence-electron chi connectivity index (χ2n) is 6.23. The normalized spacial score (nSPS) is 16.0. The van der Waals surface area contributed by atoms with Crippen LogP contribution in [0.25, 0.3) is 10.9 Å². The predicted octanol–water partition coefficient (Wildman–Crippen LogP) is 2.67. The number of piperazine rings is 1. The highest BCUT2D eigenvalue weighted by molar-refractivity contribution is 5.83. The maximum absolute atomic E-state index is 9.15. The maximum atomic E-state index is 9.15. The lowest BCUT2D eigenvalue weighted by molar-refractivity contribution is 0.312. The van der Waals surface area contributed by atoms with Crippen molar-refractivity contribution in [2.24, 2.45) is 0 Å². The number of pyridine rings is 1. The Bertz CT molecular complexity index is 737. The summed E-state index contributed by atoms with van der Waals surface area (Å²) in [5.41, 5.74) is 4.60. The van der Waals surface area contributed by atoms with Crippen LogP contribution in [-0.2, 0) is 6.42 Å². The summed E-state index contributed by atoms with van der Waals surface area (Å²) in [6.07, 6.45) is 0.414. The Morgan fingerprint density at radius 3 is 2.45 bits per heavy atom. The number of benzene rings is 1. The van der Waals surface area contributed by atoms with E-state index in [9.17, 15) is 0 Å². The van der Waals surface area contributed by atoms with Crippen molar-refractivity contribution < 1.29 is 0 Å². The molecule has 4 heteroatoms. The molecule has 1 aliphatic heterocycles. The van der Waals surface area contributed by atoms with Crippen LogP contribution in [0.3, 0.4) is 0 Å². The molecule has 0 amide bonds. The number of hydrogen-bond acceptors (Lipinski definition) is 4. The number of nitrogens with zero attached hydrogens (tertiary/aromatic N) is 4. The molecule has 2 heterocycles. The molecule has 0 radical (unpaired) electrons. The fourth-order valence-electron chi connectivity index (χ4n) is 2.98. The Morgan fingerprint density at radius 2 is 1.77 bits per heavy atom. The molecule has 1 fully saturated rings. The van der Waals surface area contributed by atoms with Crippen molar-refractivity contribution in [3.8, 4) is 6.07 Å². The van der Waals surface area contributed by atoms with E-state index in [1.54, 1.807) is 0 Å². The highest BCUT2D eigenvalue weighted by Crippen LogP contribution is 2.27. The molecule has 0 N–H and O–H groups in total. The third kappa shape index (κ3) is 2.77. The molecule has 0 unspecified atom stereocenters. The Balaban J connectivity index is 2.08. The zero-order valence-electron chi connectivity index (χ0n) is 13.6. The molecular weight excluding hydrogens is 272 g/mol. The van der Waals surface area contributed by atoms with Crippen LogP contribution in [0.1, 0.15) is 16.7 Å². The molecular formula is C18H22N4. The van der Waals surface area contributed by atoms with Crippen molar-refractivity contribution in [2.75, 3.05) is 38.1 Å². The lowest BCUT2D eigenvalue weighted by Crippen LogP contribution is -2.45. The van der Waals surface area contributed by atoms with E-state index in [1.165, 1.54) is 11.1 Å². The third-order valence-electron chi connectivity index (χ3n) is 4.56. The number of anilines is 1.